The molecule has 3 heterocycles. The summed E-state index contributed by atoms with van der Waals surface area (Å²) in [6, 6.07) is 8.17. The van der Waals surface area contributed by atoms with E-state index in [1.54, 1.807) is 4.90 Å². The van der Waals surface area contributed by atoms with Gasteiger partial charge in [-0.2, -0.15) is 0 Å². The van der Waals surface area contributed by atoms with Gasteiger partial charge in [-0.05, 0) is 6.07 Å². The molecule has 1 aliphatic rings. The van der Waals surface area contributed by atoms with E-state index in [1.807, 2.05) is 23.7 Å². The van der Waals surface area contributed by atoms with Gasteiger partial charge in [-0.1, -0.05) is 18.2 Å². The Kier molecular flexibility index (Phi) is 4.52. The third kappa shape index (κ3) is 3.58. The number of benzene rings is 1. The third-order valence-electron chi connectivity index (χ3n) is 4.84. The van der Waals surface area contributed by atoms with Gasteiger partial charge in [0.2, 0.25) is 0 Å². The third-order valence-corrected chi connectivity index (χ3v) is 5.59. The zero-order valence-corrected chi connectivity index (χ0v) is 15.1. The van der Waals surface area contributed by atoms with E-state index < -0.39 is 0 Å². The van der Waals surface area contributed by atoms with E-state index in [-0.39, 0.29) is 5.91 Å². The summed E-state index contributed by atoms with van der Waals surface area (Å²) in [6.45, 7) is 4.89. The van der Waals surface area contributed by atoms with Gasteiger partial charge in [0.15, 0.2) is 11.7 Å². The molecule has 130 valence electrons. The van der Waals surface area contributed by atoms with Crippen molar-refractivity contribution in [2.75, 3.05) is 45.1 Å². The standard InChI is InChI=1S/C18H21N5OS/c1-22-6-8-23(9-7-22)11-17(24)21-18-20-16(12-25-18)14-10-19-15-5-3-2-4-13(14)15/h2-5,10,12,19H,6-9,11H2,1H3,(H,20,21,24)/p+2. The maximum absolute atomic E-state index is 12.3. The zero-order valence-electron chi connectivity index (χ0n) is 14.3. The second-order valence-electron chi connectivity index (χ2n) is 6.72. The Morgan fingerprint density at radius 2 is 2.08 bits per heavy atom. The first-order chi connectivity index (χ1) is 12.2. The van der Waals surface area contributed by atoms with Crippen LogP contribution in [0.25, 0.3) is 22.2 Å². The number of hydrogen-bond donors (Lipinski definition) is 4. The van der Waals surface area contributed by atoms with Gasteiger partial charge < -0.3 is 14.8 Å². The van der Waals surface area contributed by atoms with Crippen LogP contribution in [0.4, 0.5) is 5.13 Å². The lowest BCUT2D eigenvalue weighted by molar-refractivity contribution is -0.999. The van der Waals surface area contributed by atoms with Crippen LogP contribution >= 0.6 is 11.3 Å². The van der Waals surface area contributed by atoms with Crippen LogP contribution in [0.3, 0.4) is 0 Å². The quantitative estimate of drug-likeness (QED) is 0.515. The molecule has 6 nitrogen and oxygen atoms in total. The van der Waals surface area contributed by atoms with Gasteiger partial charge in [0.25, 0.3) is 5.91 Å². The van der Waals surface area contributed by atoms with Crippen molar-refractivity contribution in [2.24, 2.45) is 0 Å². The fourth-order valence-electron chi connectivity index (χ4n) is 3.34. The highest BCUT2D eigenvalue weighted by Gasteiger charge is 2.22. The summed E-state index contributed by atoms with van der Waals surface area (Å²) in [4.78, 5) is 23.1. The first kappa shape index (κ1) is 16.3. The van der Waals surface area contributed by atoms with Gasteiger partial charge >= 0.3 is 0 Å². The van der Waals surface area contributed by atoms with Gasteiger partial charge in [-0.15, -0.1) is 11.3 Å². The smallest absolute Gasteiger partial charge is 0.281 e. The summed E-state index contributed by atoms with van der Waals surface area (Å²) in [6.07, 6.45) is 1.97. The number of aromatic nitrogens is 2. The number of thiazole rings is 1. The summed E-state index contributed by atoms with van der Waals surface area (Å²) in [5, 5.41) is 6.78. The lowest BCUT2D eigenvalue weighted by atomic mass is 10.1. The van der Waals surface area contributed by atoms with Crippen LogP contribution in [0.2, 0.25) is 0 Å². The number of fused-ring (bicyclic) bond motifs is 1. The molecule has 0 saturated carbocycles. The van der Waals surface area contributed by atoms with Crippen LogP contribution in [0, 0.1) is 0 Å². The molecule has 4 N–H and O–H groups in total. The van der Waals surface area contributed by atoms with Crippen LogP contribution in [0.5, 0.6) is 0 Å². The van der Waals surface area contributed by atoms with Crippen molar-refractivity contribution < 1.29 is 14.6 Å². The van der Waals surface area contributed by atoms with E-state index in [4.69, 9.17) is 0 Å². The Labute approximate surface area is 150 Å². The minimum absolute atomic E-state index is 0.0504. The van der Waals surface area contributed by atoms with Crippen molar-refractivity contribution in [3.05, 3.63) is 35.8 Å². The van der Waals surface area contributed by atoms with Crippen molar-refractivity contribution in [3.8, 4) is 11.3 Å². The monoisotopic (exact) mass is 357 g/mol. The number of nitrogens with zero attached hydrogens (tertiary/aromatic N) is 1. The lowest BCUT2D eigenvalue weighted by Crippen LogP contribution is -3.27. The van der Waals surface area contributed by atoms with Gasteiger partial charge in [0.1, 0.15) is 26.2 Å². The van der Waals surface area contributed by atoms with Crippen molar-refractivity contribution in [3.63, 3.8) is 0 Å². The fourth-order valence-corrected chi connectivity index (χ4v) is 4.06. The molecule has 2 aromatic heterocycles. The van der Waals surface area contributed by atoms with E-state index in [2.05, 4.69) is 34.5 Å². The van der Waals surface area contributed by atoms with Crippen LogP contribution in [0.15, 0.2) is 35.8 Å². The molecule has 0 aliphatic carbocycles. The van der Waals surface area contributed by atoms with Crippen molar-refractivity contribution in [1.29, 1.82) is 0 Å². The number of aromatic amines is 1. The molecule has 0 spiro atoms. The van der Waals surface area contributed by atoms with E-state index in [0.29, 0.717) is 11.7 Å². The average Bonchev–Trinajstić information content (AvgIpc) is 3.23. The number of para-hydroxylation sites is 1. The van der Waals surface area contributed by atoms with Crippen molar-refractivity contribution in [2.45, 2.75) is 0 Å². The number of piperazine rings is 1. The Morgan fingerprint density at radius 3 is 2.92 bits per heavy atom. The number of hydrogen-bond acceptors (Lipinski definition) is 3. The number of carbonyl (C=O) groups is 1. The number of amides is 1. The van der Waals surface area contributed by atoms with Gasteiger partial charge in [-0.25, -0.2) is 4.98 Å². The van der Waals surface area contributed by atoms with Crippen LogP contribution in [0.1, 0.15) is 0 Å². The van der Waals surface area contributed by atoms with E-state index >= 15 is 0 Å². The molecule has 0 radical (unpaired) electrons. The molecule has 25 heavy (non-hydrogen) atoms. The Balaban J connectivity index is 1.42. The molecule has 4 rings (SSSR count). The molecule has 1 amide bonds. The zero-order chi connectivity index (χ0) is 17.2. The van der Waals surface area contributed by atoms with Crippen LogP contribution < -0.4 is 15.1 Å². The average molecular weight is 357 g/mol. The van der Waals surface area contributed by atoms with E-state index in [0.717, 1.165) is 48.3 Å². The van der Waals surface area contributed by atoms with Crippen molar-refractivity contribution >= 4 is 33.3 Å². The van der Waals surface area contributed by atoms with Crippen molar-refractivity contribution in [1.82, 2.24) is 9.97 Å². The predicted octanol–water partition coefficient (Wildman–Crippen LogP) is -0.357. The molecule has 1 aromatic carbocycles. The Morgan fingerprint density at radius 1 is 1.28 bits per heavy atom. The molecule has 1 fully saturated rings. The van der Waals surface area contributed by atoms with Gasteiger partial charge in [-0.3, -0.25) is 10.1 Å². The molecule has 3 aromatic rings. The summed E-state index contributed by atoms with van der Waals surface area (Å²) < 4.78 is 0. The molecule has 1 aliphatic heterocycles. The van der Waals surface area contributed by atoms with Crippen LogP contribution in [-0.4, -0.2) is 55.6 Å². The normalized spacial score (nSPS) is 20.7. The number of nitrogens with one attached hydrogen (secondary N) is 4. The van der Waals surface area contributed by atoms with Gasteiger partial charge in [0, 0.05) is 28.0 Å². The highest BCUT2D eigenvalue weighted by molar-refractivity contribution is 7.14. The maximum atomic E-state index is 12.3. The molecular weight excluding hydrogens is 334 g/mol. The Bertz CT molecular complexity index is 878. The highest BCUT2D eigenvalue weighted by Crippen LogP contribution is 2.30. The summed E-state index contributed by atoms with van der Waals surface area (Å²) >= 11 is 1.48. The molecule has 0 atom stereocenters. The SMILES string of the molecule is C[NH+]1CC[NH+](CC(=O)Nc2nc(-c3c[nH]c4ccccc34)cs2)CC1. The molecule has 1 saturated heterocycles. The number of carbonyl (C=O) groups excluding carboxylic acids is 1. The Hall–Kier alpha value is -2.22. The minimum atomic E-state index is 0.0504. The maximum Gasteiger partial charge on any atom is 0.281 e. The number of H-pyrrole nitrogens is 1. The molecule has 0 unspecified atom stereocenters. The molecular formula is C18H23N5OS+2. The molecule has 7 heteroatoms. The first-order valence-corrected chi connectivity index (χ1v) is 9.54. The highest BCUT2D eigenvalue weighted by atomic mass is 32.1. The first-order valence-electron chi connectivity index (χ1n) is 8.66. The second kappa shape index (κ2) is 6.95. The fraction of sp³-hybridized carbons (Fsp3) is 0.333. The van der Waals surface area contributed by atoms with E-state index in [9.17, 15) is 4.79 Å². The number of anilines is 1. The number of rotatable bonds is 4. The number of quaternary nitrogens is 2. The largest absolute Gasteiger partial charge is 0.360 e. The van der Waals surface area contributed by atoms with Gasteiger partial charge in [0.05, 0.1) is 12.7 Å². The van der Waals surface area contributed by atoms with E-state index in [1.165, 1.54) is 16.2 Å². The predicted molar refractivity (Wildman–Crippen MR) is 100 cm³/mol. The lowest BCUT2D eigenvalue weighted by Gasteiger charge is -2.26. The molecule has 0 bridgehead atoms. The number of likely N-dealkylation sites (N-methyl/N-ethyl adjacent to an activating group) is 1. The second-order valence-corrected chi connectivity index (χ2v) is 7.58. The summed E-state index contributed by atoms with van der Waals surface area (Å²) in [7, 11) is 2.21. The summed E-state index contributed by atoms with van der Waals surface area (Å²) in [5.41, 5.74) is 3.06. The van der Waals surface area contributed by atoms with Crippen LogP contribution in [-0.2, 0) is 4.79 Å². The minimum Gasteiger partial charge on any atom is -0.360 e. The summed E-state index contributed by atoms with van der Waals surface area (Å²) in [5.74, 6) is 0.0504. The topological polar surface area (TPSA) is 66.7 Å².